The van der Waals surface area contributed by atoms with Crippen LogP contribution in [0.3, 0.4) is 0 Å². The number of rotatable bonds is 5. The molecule has 0 saturated heterocycles. The fourth-order valence-corrected chi connectivity index (χ4v) is 2.00. The predicted octanol–water partition coefficient (Wildman–Crippen LogP) is 3.36. The smallest absolute Gasteiger partial charge is 0.144 e. The fraction of sp³-hybridized carbons (Fsp3) is 0.429. The SMILES string of the molecule is CC(C)NC(C)COc1c[nH]c2ccccc12.Cl. The highest BCUT2D eigenvalue weighted by molar-refractivity contribution is 5.86. The minimum atomic E-state index is 0. The van der Waals surface area contributed by atoms with Crippen LogP contribution in [0, 0.1) is 0 Å². The van der Waals surface area contributed by atoms with Gasteiger partial charge in [-0.1, -0.05) is 26.0 Å². The van der Waals surface area contributed by atoms with E-state index in [0.29, 0.717) is 18.7 Å². The van der Waals surface area contributed by atoms with Gasteiger partial charge in [0.25, 0.3) is 0 Å². The molecule has 0 saturated carbocycles. The normalized spacial score (nSPS) is 12.4. The summed E-state index contributed by atoms with van der Waals surface area (Å²) in [6.45, 7) is 7.10. The average Bonchev–Trinajstić information content (AvgIpc) is 2.69. The second-order valence-electron chi connectivity index (χ2n) is 4.73. The van der Waals surface area contributed by atoms with E-state index in [4.69, 9.17) is 4.74 Å². The van der Waals surface area contributed by atoms with Crippen LogP contribution in [0.25, 0.3) is 10.9 Å². The summed E-state index contributed by atoms with van der Waals surface area (Å²) in [6, 6.07) is 9.00. The van der Waals surface area contributed by atoms with Gasteiger partial charge < -0.3 is 15.0 Å². The molecular formula is C14H21ClN2O. The van der Waals surface area contributed by atoms with Gasteiger partial charge >= 0.3 is 0 Å². The quantitative estimate of drug-likeness (QED) is 0.873. The van der Waals surface area contributed by atoms with Gasteiger partial charge in [0.1, 0.15) is 12.4 Å². The second-order valence-corrected chi connectivity index (χ2v) is 4.73. The summed E-state index contributed by atoms with van der Waals surface area (Å²) in [4.78, 5) is 3.21. The number of hydrogen-bond donors (Lipinski definition) is 2. The molecule has 0 spiro atoms. The van der Waals surface area contributed by atoms with Gasteiger partial charge in [0.05, 0.1) is 0 Å². The molecule has 0 aliphatic rings. The Morgan fingerprint density at radius 2 is 1.94 bits per heavy atom. The number of ether oxygens (including phenoxy) is 1. The van der Waals surface area contributed by atoms with Crippen LogP contribution >= 0.6 is 12.4 Å². The molecule has 0 aliphatic heterocycles. The van der Waals surface area contributed by atoms with Crippen molar-refractivity contribution in [3.63, 3.8) is 0 Å². The molecule has 1 aromatic carbocycles. The first kappa shape index (κ1) is 14.9. The van der Waals surface area contributed by atoms with Crippen molar-refractivity contribution in [3.8, 4) is 5.75 Å². The van der Waals surface area contributed by atoms with E-state index in [1.807, 2.05) is 18.3 Å². The van der Waals surface area contributed by atoms with Gasteiger partial charge in [-0.05, 0) is 19.1 Å². The van der Waals surface area contributed by atoms with E-state index in [1.165, 1.54) is 0 Å². The molecule has 100 valence electrons. The van der Waals surface area contributed by atoms with E-state index >= 15 is 0 Å². The number of nitrogens with one attached hydrogen (secondary N) is 2. The van der Waals surface area contributed by atoms with Crippen molar-refractivity contribution in [2.24, 2.45) is 0 Å². The molecule has 0 radical (unpaired) electrons. The Balaban J connectivity index is 0.00000162. The van der Waals surface area contributed by atoms with Crippen molar-refractivity contribution in [1.29, 1.82) is 0 Å². The molecule has 2 N–H and O–H groups in total. The summed E-state index contributed by atoms with van der Waals surface area (Å²) in [5.74, 6) is 0.929. The molecule has 1 unspecified atom stereocenters. The number of halogens is 1. The van der Waals surface area contributed by atoms with Crippen molar-refractivity contribution in [3.05, 3.63) is 30.5 Å². The Hall–Kier alpha value is -1.19. The Kier molecular flexibility index (Phi) is 5.51. The lowest BCUT2D eigenvalue weighted by Crippen LogP contribution is -2.36. The lowest BCUT2D eigenvalue weighted by Gasteiger charge is -2.17. The van der Waals surface area contributed by atoms with Gasteiger partial charge in [0.2, 0.25) is 0 Å². The largest absolute Gasteiger partial charge is 0.490 e. The summed E-state index contributed by atoms with van der Waals surface area (Å²) in [5, 5.41) is 4.56. The minimum Gasteiger partial charge on any atom is -0.490 e. The molecule has 18 heavy (non-hydrogen) atoms. The van der Waals surface area contributed by atoms with Crippen molar-refractivity contribution in [1.82, 2.24) is 10.3 Å². The zero-order valence-electron chi connectivity index (χ0n) is 11.1. The molecule has 4 heteroatoms. The van der Waals surface area contributed by atoms with Crippen LogP contribution in [-0.2, 0) is 0 Å². The zero-order chi connectivity index (χ0) is 12.3. The van der Waals surface area contributed by atoms with E-state index in [1.54, 1.807) is 0 Å². The number of aromatic amines is 1. The Morgan fingerprint density at radius 1 is 1.22 bits per heavy atom. The Bertz CT molecular complexity index is 481. The van der Waals surface area contributed by atoms with Crippen LogP contribution in [0.2, 0.25) is 0 Å². The van der Waals surface area contributed by atoms with Gasteiger partial charge in [0, 0.05) is 29.2 Å². The lowest BCUT2D eigenvalue weighted by molar-refractivity contribution is 0.268. The molecule has 1 aromatic heterocycles. The first-order valence-electron chi connectivity index (χ1n) is 6.12. The van der Waals surface area contributed by atoms with E-state index in [9.17, 15) is 0 Å². The standard InChI is InChI=1S/C14H20N2O.ClH/c1-10(2)16-11(3)9-17-14-8-15-13-7-5-4-6-12(13)14;/h4-8,10-11,15-16H,9H2,1-3H3;1H. The molecule has 1 heterocycles. The van der Waals surface area contributed by atoms with Gasteiger partial charge in [-0.3, -0.25) is 0 Å². The van der Waals surface area contributed by atoms with Crippen LogP contribution in [0.5, 0.6) is 5.75 Å². The third-order valence-corrected chi connectivity index (χ3v) is 2.66. The van der Waals surface area contributed by atoms with E-state index in [2.05, 4.69) is 43.2 Å². The zero-order valence-corrected chi connectivity index (χ0v) is 11.9. The molecule has 0 bridgehead atoms. The van der Waals surface area contributed by atoms with Crippen LogP contribution in [0.1, 0.15) is 20.8 Å². The summed E-state index contributed by atoms with van der Waals surface area (Å²) < 4.78 is 5.83. The highest BCUT2D eigenvalue weighted by Gasteiger charge is 2.07. The minimum absolute atomic E-state index is 0. The monoisotopic (exact) mass is 268 g/mol. The van der Waals surface area contributed by atoms with Crippen LogP contribution < -0.4 is 10.1 Å². The van der Waals surface area contributed by atoms with Crippen molar-refractivity contribution < 1.29 is 4.74 Å². The van der Waals surface area contributed by atoms with Gasteiger partial charge in [-0.2, -0.15) is 0 Å². The molecule has 1 atom stereocenters. The maximum Gasteiger partial charge on any atom is 0.144 e. The highest BCUT2D eigenvalue weighted by atomic mass is 35.5. The molecule has 0 fully saturated rings. The van der Waals surface area contributed by atoms with Gasteiger partial charge in [-0.25, -0.2) is 0 Å². The predicted molar refractivity (Wildman–Crippen MR) is 78.8 cm³/mol. The number of aromatic nitrogens is 1. The lowest BCUT2D eigenvalue weighted by atomic mass is 10.2. The first-order valence-corrected chi connectivity index (χ1v) is 6.12. The van der Waals surface area contributed by atoms with Gasteiger partial charge in [-0.15, -0.1) is 12.4 Å². The first-order chi connectivity index (χ1) is 8.16. The van der Waals surface area contributed by atoms with Crippen LogP contribution in [0.4, 0.5) is 0 Å². The highest BCUT2D eigenvalue weighted by Crippen LogP contribution is 2.24. The van der Waals surface area contributed by atoms with Crippen molar-refractivity contribution >= 4 is 23.3 Å². The summed E-state index contributed by atoms with van der Waals surface area (Å²) >= 11 is 0. The third kappa shape index (κ3) is 3.65. The Labute approximate surface area is 114 Å². The molecule has 0 amide bonds. The number of para-hydroxylation sites is 1. The van der Waals surface area contributed by atoms with Gasteiger partial charge in [0.15, 0.2) is 0 Å². The van der Waals surface area contributed by atoms with Crippen molar-refractivity contribution in [2.75, 3.05) is 6.61 Å². The molecule has 3 nitrogen and oxygen atoms in total. The summed E-state index contributed by atoms with van der Waals surface area (Å²) in [7, 11) is 0. The van der Waals surface area contributed by atoms with Crippen molar-refractivity contribution in [2.45, 2.75) is 32.9 Å². The molecule has 2 rings (SSSR count). The molecular weight excluding hydrogens is 248 g/mol. The molecule has 0 aliphatic carbocycles. The van der Waals surface area contributed by atoms with E-state index < -0.39 is 0 Å². The summed E-state index contributed by atoms with van der Waals surface area (Å²) in [6.07, 6.45) is 1.92. The number of H-pyrrole nitrogens is 1. The second kappa shape index (κ2) is 6.66. The molecule has 2 aromatic rings. The fourth-order valence-electron chi connectivity index (χ4n) is 2.00. The van der Waals surface area contributed by atoms with Crippen LogP contribution in [-0.4, -0.2) is 23.7 Å². The third-order valence-electron chi connectivity index (χ3n) is 2.66. The topological polar surface area (TPSA) is 37.0 Å². The van der Waals surface area contributed by atoms with E-state index in [-0.39, 0.29) is 12.4 Å². The maximum atomic E-state index is 5.83. The number of hydrogen-bond acceptors (Lipinski definition) is 2. The van der Waals surface area contributed by atoms with E-state index in [0.717, 1.165) is 16.7 Å². The summed E-state index contributed by atoms with van der Waals surface area (Å²) in [5.41, 5.74) is 1.12. The number of fused-ring (bicyclic) bond motifs is 1. The number of benzene rings is 1. The average molecular weight is 269 g/mol. The maximum absolute atomic E-state index is 5.83. The Morgan fingerprint density at radius 3 is 2.67 bits per heavy atom. The van der Waals surface area contributed by atoms with Crippen LogP contribution in [0.15, 0.2) is 30.5 Å².